The summed E-state index contributed by atoms with van der Waals surface area (Å²) in [6.07, 6.45) is 12.0. The molecule has 3 atom stereocenters. The summed E-state index contributed by atoms with van der Waals surface area (Å²) < 4.78 is 1.67. The van der Waals surface area contributed by atoms with Gasteiger partial charge in [0.05, 0.1) is 17.2 Å². The third-order valence-electron chi connectivity index (χ3n) is 6.01. The van der Waals surface area contributed by atoms with Gasteiger partial charge in [-0.1, -0.05) is 30.7 Å². The number of fused-ring (bicyclic) bond motifs is 3. The fraction of sp³-hybridized carbons (Fsp3) is 0.500. The Hall–Kier alpha value is -2.43. The number of carbonyl (C=O) groups excluding carboxylic acids is 1. The molecule has 2 aliphatic rings. The van der Waals surface area contributed by atoms with Crippen LogP contribution in [0.2, 0.25) is 0 Å². The highest BCUT2D eigenvalue weighted by Crippen LogP contribution is 2.42. The maximum atomic E-state index is 12.4. The van der Waals surface area contributed by atoms with Gasteiger partial charge in [0.2, 0.25) is 5.91 Å². The molecule has 1 heterocycles. The molecular formula is C22H27N3O2. The van der Waals surface area contributed by atoms with Crippen LogP contribution in [-0.2, 0) is 11.3 Å². The number of allylic oxidation sites excluding steroid dienone is 2. The number of amides is 1. The molecule has 0 unspecified atom stereocenters. The van der Waals surface area contributed by atoms with Crippen molar-refractivity contribution in [2.75, 3.05) is 6.54 Å². The Morgan fingerprint density at radius 3 is 2.85 bits per heavy atom. The van der Waals surface area contributed by atoms with E-state index < -0.39 is 0 Å². The van der Waals surface area contributed by atoms with Crippen LogP contribution in [0.15, 0.2) is 47.5 Å². The van der Waals surface area contributed by atoms with Gasteiger partial charge in [-0.2, -0.15) is 0 Å². The number of nitrogens with one attached hydrogen (secondary N) is 1. The van der Waals surface area contributed by atoms with E-state index in [2.05, 4.69) is 22.5 Å². The van der Waals surface area contributed by atoms with E-state index in [1.54, 1.807) is 10.9 Å². The maximum Gasteiger partial charge on any atom is 0.261 e. The number of rotatable bonds is 8. The zero-order valence-corrected chi connectivity index (χ0v) is 15.6. The molecule has 1 saturated carbocycles. The third kappa shape index (κ3) is 4.12. The van der Waals surface area contributed by atoms with Gasteiger partial charge in [0.25, 0.3) is 5.56 Å². The van der Waals surface area contributed by atoms with Crippen molar-refractivity contribution in [3.8, 4) is 0 Å². The molecule has 5 heteroatoms. The number of carbonyl (C=O) groups is 1. The average Bonchev–Trinajstić information content (AvgIpc) is 3.31. The minimum atomic E-state index is 0.0123. The Morgan fingerprint density at radius 1 is 1.15 bits per heavy atom. The molecule has 142 valence electrons. The Bertz CT molecular complexity index is 902. The van der Waals surface area contributed by atoms with Crippen molar-refractivity contribution in [2.45, 2.75) is 45.1 Å². The van der Waals surface area contributed by atoms with Crippen molar-refractivity contribution in [1.82, 2.24) is 14.9 Å². The Balaban J connectivity index is 1.15. The van der Waals surface area contributed by atoms with Gasteiger partial charge in [-0.15, -0.1) is 0 Å². The van der Waals surface area contributed by atoms with Crippen LogP contribution in [0, 0.1) is 17.8 Å². The van der Waals surface area contributed by atoms with Gasteiger partial charge in [-0.3, -0.25) is 14.2 Å². The molecule has 0 radical (unpaired) electrons. The molecule has 2 aromatic rings. The molecule has 0 saturated heterocycles. The van der Waals surface area contributed by atoms with Crippen LogP contribution >= 0.6 is 0 Å². The first kappa shape index (κ1) is 18.0. The molecule has 1 aromatic carbocycles. The second-order valence-corrected chi connectivity index (χ2v) is 7.92. The smallest absolute Gasteiger partial charge is 0.261 e. The highest BCUT2D eigenvalue weighted by molar-refractivity contribution is 5.77. The Morgan fingerprint density at radius 2 is 2.04 bits per heavy atom. The highest BCUT2D eigenvalue weighted by Gasteiger charge is 2.35. The summed E-state index contributed by atoms with van der Waals surface area (Å²) >= 11 is 0. The van der Waals surface area contributed by atoms with Crippen molar-refractivity contribution >= 4 is 16.8 Å². The van der Waals surface area contributed by atoms with E-state index in [-0.39, 0.29) is 11.5 Å². The first-order chi connectivity index (χ1) is 13.2. The van der Waals surface area contributed by atoms with E-state index >= 15 is 0 Å². The number of nitrogens with zero attached hydrogens (tertiary/aromatic N) is 2. The van der Waals surface area contributed by atoms with Gasteiger partial charge in [0.1, 0.15) is 0 Å². The van der Waals surface area contributed by atoms with Gasteiger partial charge in [-0.05, 0) is 55.6 Å². The summed E-state index contributed by atoms with van der Waals surface area (Å²) in [6, 6.07) is 7.42. The zero-order chi connectivity index (χ0) is 18.6. The van der Waals surface area contributed by atoms with E-state index in [9.17, 15) is 9.59 Å². The number of para-hydroxylation sites is 1. The van der Waals surface area contributed by atoms with Crippen molar-refractivity contribution in [3.63, 3.8) is 0 Å². The lowest BCUT2D eigenvalue weighted by Crippen LogP contribution is -2.30. The lowest BCUT2D eigenvalue weighted by Gasteiger charge is -2.18. The first-order valence-corrected chi connectivity index (χ1v) is 10.1. The van der Waals surface area contributed by atoms with Crippen LogP contribution in [0.5, 0.6) is 0 Å². The molecule has 0 spiro atoms. The average molecular weight is 365 g/mol. The standard InChI is InChI=1S/C22H27N3O2/c26-21(23-14-18-13-16-9-10-17(18)12-16)8-2-1-5-11-25-15-24-20-7-4-3-6-19(20)22(25)27/h3-4,6-7,9-10,15-18H,1-2,5,8,11-14H2,(H,23,26)/t16-,17+,18-/m1/s1. The van der Waals surface area contributed by atoms with Crippen molar-refractivity contribution in [3.05, 3.63) is 53.1 Å². The van der Waals surface area contributed by atoms with Crippen LogP contribution < -0.4 is 10.9 Å². The molecular weight excluding hydrogens is 338 g/mol. The number of aryl methyl sites for hydroxylation is 1. The second-order valence-electron chi connectivity index (χ2n) is 7.92. The molecule has 2 bridgehead atoms. The fourth-order valence-corrected chi connectivity index (χ4v) is 4.47. The molecule has 0 aliphatic heterocycles. The van der Waals surface area contributed by atoms with Crippen molar-refractivity contribution in [1.29, 1.82) is 0 Å². The van der Waals surface area contributed by atoms with Crippen molar-refractivity contribution < 1.29 is 4.79 Å². The summed E-state index contributed by atoms with van der Waals surface area (Å²) in [5, 5.41) is 3.77. The highest BCUT2D eigenvalue weighted by atomic mass is 16.1. The van der Waals surface area contributed by atoms with Gasteiger partial charge in [0.15, 0.2) is 0 Å². The van der Waals surface area contributed by atoms with Crippen LogP contribution in [0.25, 0.3) is 10.9 Å². The van der Waals surface area contributed by atoms with Gasteiger partial charge in [0, 0.05) is 19.5 Å². The van der Waals surface area contributed by atoms with E-state index in [1.807, 2.05) is 24.3 Å². The topological polar surface area (TPSA) is 64.0 Å². The lowest BCUT2D eigenvalue weighted by atomic mass is 9.93. The number of hydrogen-bond donors (Lipinski definition) is 1. The Kier molecular flexibility index (Phi) is 5.37. The van der Waals surface area contributed by atoms with Crippen LogP contribution in [0.3, 0.4) is 0 Å². The van der Waals surface area contributed by atoms with E-state index in [0.717, 1.165) is 37.2 Å². The predicted molar refractivity (Wildman–Crippen MR) is 106 cm³/mol. The molecule has 1 N–H and O–H groups in total. The Labute approximate surface area is 159 Å². The monoisotopic (exact) mass is 365 g/mol. The summed E-state index contributed by atoms with van der Waals surface area (Å²) in [5.74, 6) is 2.23. The molecule has 2 aliphatic carbocycles. The van der Waals surface area contributed by atoms with Gasteiger partial charge in [-0.25, -0.2) is 4.98 Å². The predicted octanol–water partition coefficient (Wildman–Crippen LogP) is 3.29. The normalized spacial score (nSPS) is 23.2. The van der Waals surface area contributed by atoms with Gasteiger partial charge < -0.3 is 5.32 Å². The quantitative estimate of drug-likeness (QED) is 0.577. The molecule has 5 nitrogen and oxygen atoms in total. The van der Waals surface area contributed by atoms with E-state index in [4.69, 9.17) is 0 Å². The third-order valence-corrected chi connectivity index (χ3v) is 6.01. The fourth-order valence-electron chi connectivity index (χ4n) is 4.47. The minimum Gasteiger partial charge on any atom is -0.356 e. The summed E-state index contributed by atoms with van der Waals surface area (Å²) in [7, 11) is 0. The van der Waals surface area contributed by atoms with Crippen LogP contribution in [0.4, 0.5) is 0 Å². The number of unbranched alkanes of at least 4 members (excludes halogenated alkanes) is 2. The van der Waals surface area contributed by atoms with Crippen LogP contribution in [-0.4, -0.2) is 22.0 Å². The number of benzene rings is 1. The van der Waals surface area contributed by atoms with E-state index in [0.29, 0.717) is 30.2 Å². The number of aromatic nitrogens is 2. The zero-order valence-electron chi connectivity index (χ0n) is 15.6. The SMILES string of the molecule is O=C(CCCCCn1cnc2ccccc2c1=O)NC[C@H]1C[C@@H]2C=C[C@H]1C2. The van der Waals surface area contributed by atoms with E-state index in [1.165, 1.54) is 12.8 Å². The first-order valence-electron chi connectivity index (χ1n) is 10.1. The molecule has 27 heavy (non-hydrogen) atoms. The van der Waals surface area contributed by atoms with Crippen molar-refractivity contribution in [2.24, 2.45) is 17.8 Å². The molecule has 1 fully saturated rings. The largest absolute Gasteiger partial charge is 0.356 e. The maximum absolute atomic E-state index is 12.4. The summed E-state index contributed by atoms with van der Waals surface area (Å²) in [4.78, 5) is 28.8. The lowest BCUT2D eigenvalue weighted by molar-refractivity contribution is -0.121. The van der Waals surface area contributed by atoms with Crippen LogP contribution in [0.1, 0.15) is 38.5 Å². The summed E-state index contributed by atoms with van der Waals surface area (Å²) in [6.45, 7) is 1.47. The second kappa shape index (κ2) is 8.07. The van der Waals surface area contributed by atoms with Gasteiger partial charge >= 0.3 is 0 Å². The minimum absolute atomic E-state index is 0.0123. The molecule has 1 amide bonds. The summed E-state index contributed by atoms with van der Waals surface area (Å²) in [5.41, 5.74) is 0.750. The molecule has 4 rings (SSSR count). The number of hydrogen-bond acceptors (Lipinski definition) is 3. The molecule has 1 aromatic heterocycles.